The largest absolute Gasteiger partial charge is 0.481 e. The van der Waals surface area contributed by atoms with Gasteiger partial charge in [0, 0.05) is 13.0 Å². The van der Waals surface area contributed by atoms with E-state index in [-0.39, 0.29) is 6.54 Å². The molecule has 4 nitrogen and oxygen atoms in total. The molecule has 1 unspecified atom stereocenters. The van der Waals surface area contributed by atoms with Gasteiger partial charge in [-0.05, 0) is 19.1 Å². The summed E-state index contributed by atoms with van der Waals surface area (Å²) < 4.78 is 1.08. The molecule has 0 saturated carbocycles. The van der Waals surface area contributed by atoms with Gasteiger partial charge in [-0.15, -0.1) is 11.3 Å². The number of carbonyl (C=O) groups is 1. The molecule has 0 aliphatic carbocycles. The van der Waals surface area contributed by atoms with Crippen LogP contribution in [0.15, 0.2) is 24.3 Å². The van der Waals surface area contributed by atoms with Crippen LogP contribution in [0.5, 0.6) is 0 Å². The highest BCUT2D eigenvalue weighted by atomic mass is 32.1. The van der Waals surface area contributed by atoms with E-state index in [4.69, 9.17) is 10.8 Å². The molecule has 0 aliphatic heterocycles. The number of hydrogen-bond donors (Lipinski definition) is 2. The van der Waals surface area contributed by atoms with Gasteiger partial charge in [0.15, 0.2) is 0 Å². The first kappa shape index (κ1) is 12.0. The lowest BCUT2D eigenvalue weighted by atomic mass is 9.87. The lowest BCUT2D eigenvalue weighted by Crippen LogP contribution is -2.37. The molecule has 90 valence electrons. The van der Waals surface area contributed by atoms with Gasteiger partial charge in [0.05, 0.1) is 20.6 Å². The number of aliphatic carboxylic acids is 1. The third-order valence-electron chi connectivity index (χ3n) is 2.85. The summed E-state index contributed by atoms with van der Waals surface area (Å²) >= 11 is 1.53. The molecule has 0 aliphatic rings. The predicted molar refractivity (Wildman–Crippen MR) is 68.1 cm³/mol. The number of thiazole rings is 1. The fourth-order valence-electron chi connectivity index (χ4n) is 1.56. The van der Waals surface area contributed by atoms with Crippen LogP contribution in [0.3, 0.4) is 0 Å². The Morgan fingerprint density at radius 1 is 1.53 bits per heavy atom. The summed E-state index contributed by atoms with van der Waals surface area (Å²) in [5, 5.41) is 9.99. The van der Waals surface area contributed by atoms with Crippen molar-refractivity contribution < 1.29 is 9.90 Å². The number of para-hydroxylation sites is 1. The molecule has 1 heterocycles. The number of fused-ring (bicyclic) bond motifs is 1. The van der Waals surface area contributed by atoms with Crippen molar-refractivity contribution in [3.05, 3.63) is 29.3 Å². The van der Waals surface area contributed by atoms with E-state index < -0.39 is 11.4 Å². The third-order valence-corrected chi connectivity index (χ3v) is 3.88. The van der Waals surface area contributed by atoms with E-state index in [2.05, 4.69) is 4.98 Å². The molecule has 1 aromatic carbocycles. The lowest BCUT2D eigenvalue weighted by Gasteiger charge is -2.20. The highest BCUT2D eigenvalue weighted by Crippen LogP contribution is 2.28. The van der Waals surface area contributed by atoms with Crippen molar-refractivity contribution in [2.75, 3.05) is 6.54 Å². The lowest BCUT2D eigenvalue weighted by molar-refractivity contribution is -0.147. The zero-order valence-electron chi connectivity index (χ0n) is 9.51. The molecule has 0 amide bonds. The minimum atomic E-state index is -0.937. The van der Waals surface area contributed by atoms with Crippen molar-refractivity contribution in [2.45, 2.75) is 13.3 Å². The number of carboxylic acids is 1. The smallest absolute Gasteiger partial charge is 0.311 e. The maximum absolute atomic E-state index is 11.2. The number of nitrogens with two attached hydrogens (primary N) is 1. The van der Waals surface area contributed by atoms with Gasteiger partial charge in [0.2, 0.25) is 0 Å². The van der Waals surface area contributed by atoms with Crippen molar-refractivity contribution in [3.8, 4) is 0 Å². The second kappa shape index (κ2) is 4.43. The first-order chi connectivity index (χ1) is 8.05. The van der Waals surface area contributed by atoms with Crippen molar-refractivity contribution in [1.29, 1.82) is 0 Å². The van der Waals surface area contributed by atoms with E-state index >= 15 is 0 Å². The van der Waals surface area contributed by atoms with Crippen LogP contribution in [0.25, 0.3) is 10.2 Å². The van der Waals surface area contributed by atoms with Gasteiger partial charge in [0.1, 0.15) is 0 Å². The summed E-state index contributed by atoms with van der Waals surface area (Å²) in [5.74, 6) is -0.876. The second-order valence-electron chi connectivity index (χ2n) is 4.32. The molecule has 0 saturated heterocycles. The number of aromatic nitrogens is 1. The average Bonchev–Trinajstić information content (AvgIpc) is 2.70. The Morgan fingerprint density at radius 3 is 2.82 bits per heavy atom. The van der Waals surface area contributed by atoms with E-state index in [9.17, 15) is 4.79 Å². The first-order valence-electron chi connectivity index (χ1n) is 5.33. The average molecular weight is 250 g/mol. The van der Waals surface area contributed by atoms with Crippen LogP contribution in [-0.4, -0.2) is 22.6 Å². The quantitative estimate of drug-likeness (QED) is 0.868. The van der Waals surface area contributed by atoms with E-state index in [1.165, 1.54) is 11.3 Å². The molecule has 17 heavy (non-hydrogen) atoms. The Labute approximate surface area is 103 Å². The van der Waals surface area contributed by atoms with E-state index in [1.54, 1.807) is 6.92 Å². The Bertz CT molecular complexity index is 519. The van der Waals surface area contributed by atoms with Crippen LogP contribution in [0.1, 0.15) is 11.9 Å². The molecule has 1 aromatic heterocycles. The van der Waals surface area contributed by atoms with Gasteiger partial charge in [-0.25, -0.2) is 4.98 Å². The first-order valence-corrected chi connectivity index (χ1v) is 6.15. The van der Waals surface area contributed by atoms with Crippen LogP contribution >= 0.6 is 11.3 Å². The predicted octanol–water partition coefficient (Wildman–Crippen LogP) is 1.89. The Kier molecular flexibility index (Phi) is 3.13. The minimum absolute atomic E-state index is 0.109. The SMILES string of the molecule is CC(CN)(Cc1nc2ccccc2s1)C(=O)O. The highest BCUT2D eigenvalue weighted by Gasteiger charge is 2.33. The summed E-state index contributed by atoms with van der Waals surface area (Å²) in [7, 11) is 0. The van der Waals surface area contributed by atoms with E-state index in [0.29, 0.717) is 6.42 Å². The van der Waals surface area contributed by atoms with Crippen molar-refractivity contribution in [2.24, 2.45) is 11.1 Å². The summed E-state index contributed by atoms with van der Waals surface area (Å²) in [6, 6.07) is 7.78. The minimum Gasteiger partial charge on any atom is -0.481 e. The fraction of sp³-hybridized carbons (Fsp3) is 0.333. The molecule has 2 aromatic rings. The summed E-state index contributed by atoms with van der Waals surface area (Å²) in [6.45, 7) is 1.76. The Morgan fingerprint density at radius 2 is 2.24 bits per heavy atom. The van der Waals surface area contributed by atoms with Crippen LogP contribution in [0.4, 0.5) is 0 Å². The van der Waals surface area contributed by atoms with Crippen molar-refractivity contribution >= 4 is 27.5 Å². The summed E-state index contributed by atoms with van der Waals surface area (Å²) in [5.41, 5.74) is 5.52. The van der Waals surface area contributed by atoms with Crippen molar-refractivity contribution in [3.63, 3.8) is 0 Å². The maximum Gasteiger partial charge on any atom is 0.311 e. The van der Waals surface area contributed by atoms with Crippen LogP contribution in [0.2, 0.25) is 0 Å². The summed E-state index contributed by atoms with van der Waals surface area (Å²) in [4.78, 5) is 15.6. The zero-order chi connectivity index (χ0) is 12.5. The van der Waals surface area contributed by atoms with Gasteiger partial charge >= 0.3 is 5.97 Å². The normalized spacial score (nSPS) is 14.7. The number of benzene rings is 1. The molecular weight excluding hydrogens is 236 g/mol. The van der Waals surface area contributed by atoms with Gasteiger partial charge in [-0.3, -0.25) is 4.79 Å². The van der Waals surface area contributed by atoms with Crippen LogP contribution in [-0.2, 0) is 11.2 Å². The maximum atomic E-state index is 11.2. The van der Waals surface area contributed by atoms with Gasteiger partial charge in [0.25, 0.3) is 0 Å². The number of carboxylic acid groups (broad SMARTS) is 1. The molecule has 1 atom stereocenters. The van der Waals surface area contributed by atoms with Crippen LogP contribution in [0, 0.1) is 5.41 Å². The van der Waals surface area contributed by atoms with Gasteiger partial charge in [-0.1, -0.05) is 12.1 Å². The van der Waals surface area contributed by atoms with Gasteiger partial charge < -0.3 is 10.8 Å². The third kappa shape index (κ3) is 2.30. The Balaban J connectivity index is 2.32. The highest BCUT2D eigenvalue weighted by molar-refractivity contribution is 7.18. The Hall–Kier alpha value is -1.46. The standard InChI is InChI=1S/C12H14N2O2S/c1-12(7-13,11(15)16)6-10-14-8-4-2-3-5-9(8)17-10/h2-5H,6-7,13H2,1H3,(H,15,16). The monoisotopic (exact) mass is 250 g/mol. The molecular formula is C12H14N2O2S. The molecule has 2 rings (SSSR count). The summed E-state index contributed by atoms with van der Waals surface area (Å²) in [6.07, 6.45) is 0.373. The topological polar surface area (TPSA) is 76.2 Å². The second-order valence-corrected chi connectivity index (χ2v) is 5.44. The molecule has 0 spiro atoms. The van der Waals surface area contributed by atoms with Gasteiger partial charge in [-0.2, -0.15) is 0 Å². The molecule has 3 N–H and O–H groups in total. The van der Waals surface area contributed by atoms with Crippen LogP contribution < -0.4 is 5.73 Å². The molecule has 0 radical (unpaired) electrons. The van der Waals surface area contributed by atoms with E-state index in [0.717, 1.165) is 15.2 Å². The number of nitrogens with zero attached hydrogens (tertiary/aromatic N) is 1. The van der Waals surface area contributed by atoms with Crippen molar-refractivity contribution in [1.82, 2.24) is 4.98 Å². The van der Waals surface area contributed by atoms with E-state index in [1.807, 2.05) is 24.3 Å². The fourth-order valence-corrected chi connectivity index (χ4v) is 2.72. The number of hydrogen-bond acceptors (Lipinski definition) is 4. The molecule has 0 fully saturated rings. The number of rotatable bonds is 4. The molecule has 0 bridgehead atoms. The molecule has 5 heteroatoms. The zero-order valence-corrected chi connectivity index (χ0v) is 10.3.